The number of hydrogen-bond donors (Lipinski definition) is 4. The Kier molecular flexibility index (Phi) is 4.82. The van der Waals surface area contributed by atoms with Crippen molar-refractivity contribution in [3.8, 4) is 0 Å². The summed E-state index contributed by atoms with van der Waals surface area (Å²) < 4.78 is 21.8. The minimum Gasteiger partial charge on any atom is -0.390 e. The molecule has 0 aromatic carbocycles. The van der Waals surface area contributed by atoms with Crippen LogP contribution in [0.1, 0.15) is 12.6 Å². The maximum Gasteiger partial charge on any atom is 0.344 e. The van der Waals surface area contributed by atoms with E-state index in [1.165, 1.54) is 6.33 Å². The summed E-state index contributed by atoms with van der Waals surface area (Å²) >= 11 is 4.19. The zero-order valence-electron chi connectivity index (χ0n) is 11.6. The number of aromatic nitrogens is 4. The first kappa shape index (κ1) is 16.6. The third-order valence-corrected chi connectivity index (χ3v) is 3.87. The first-order valence-electron chi connectivity index (χ1n) is 6.50. The highest BCUT2D eigenvalue weighted by atomic mass is 32.1. The fourth-order valence-electron chi connectivity index (χ4n) is 2.32. The standard InChI is InChI=1S/C10H14N5O6PS/c11-10-13-8-7(9(23)14-10)12-3-15(8)6-1-4(16)5(20-6)2-19-21-22(17)18/h3-6,16,22H,1-2H2,(H,17,18)(H3,11,13,14,23)/t4-,5+,6+/m0/s1. The molecule has 3 heterocycles. The van der Waals surface area contributed by atoms with E-state index < -0.39 is 26.7 Å². The first-order valence-corrected chi connectivity index (χ1v) is 8.21. The minimum atomic E-state index is -3.20. The van der Waals surface area contributed by atoms with Crippen molar-refractivity contribution in [2.24, 2.45) is 0 Å². The third kappa shape index (κ3) is 3.48. The van der Waals surface area contributed by atoms with Gasteiger partial charge in [0.1, 0.15) is 29.5 Å². The van der Waals surface area contributed by atoms with Crippen molar-refractivity contribution in [1.82, 2.24) is 19.5 Å². The summed E-state index contributed by atoms with van der Waals surface area (Å²) in [6, 6.07) is 0. The molecule has 126 valence electrons. The van der Waals surface area contributed by atoms with Crippen LogP contribution in [0.25, 0.3) is 11.2 Å². The van der Waals surface area contributed by atoms with Crippen LogP contribution in [0.3, 0.4) is 0 Å². The van der Waals surface area contributed by atoms with E-state index in [0.717, 1.165) is 0 Å². The summed E-state index contributed by atoms with van der Waals surface area (Å²) in [6.45, 7) is -0.198. The highest BCUT2D eigenvalue weighted by Gasteiger charge is 2.36. The number of nitrogens with zero attached hydrogens (tertiary/aromatic N) is 4. The molecule has 3 rings (SSSR count). The van der Waals surface area contributed by atoms with E-state index in [1.54, 1.807) is 4.57 Å². The van der Waals surface area contributed by atoms with Gasteiger partial charge in [-0.1, -0.05) is 0 Å². The van der Waals surface area contributed by atoms with Crippen molar-refractivity contribution in [2.45, 2.75) is 29.9 Å². The van der Waals surface area contributed by atoms with Crippen LogP contribution in [-0.4, -0.2) is 48.3 Å². The zero-order valence-corrected chi connectivity index (χ0v) is 13.5. The monoisotopic (exact) mass is 363 g/mol. The molecular weight excluding hydrogens is 349 g/mol. The molecule has 0 amide bonds. The second-order valence-corrected chi connectivity index (χ2v) is 5.92. The molecule has 1 aliphatic rings. The Morgan fingerprint density at radius 2 is 2.35 bits per heavy atom. The molecule has 0 aliphatic carbocycles. The van der Waals surface area contributed by atoms with Crippen molar-refractivity contribution < 1.29 is 28.9 Å². The molecule has 2 aromatic rings. The topological polar surface area (TPSA) is 155 Å². The number of aliphatic hydroxyl groups is 1. The van der Waals surface area contributed by atoms with Crippen molar-refractivity contribution in [3.63, 3.8) is 0 Å². The van der Waals surface area contributed by atoms with Crippen LogP contribution in [0.5, 0.6) is 0 Å². The number of anilines is 1. The number of hydrogen-bond acceptors (Lipinski definition) is 10. The van der Waals surface area contributed by atoms with Gasteiger partial charge >= 0.3 is 8.25 Å². The van der Waals surface area contributed by atoms with Crippen molar-refractivity contribution in [1.29, 1.82) is 0 Å². The van der Waals surface area contributed by atoms with E-state index in [1.807, 2.05) is 0 Å². The quantitative estimate of drug-likeness (QED) is 0.182. The average molecular weight is 363 g/mol. The van der Waals surface area contributed by atoms with Crippen LogP contribution >= 0.6 is 20.9 Å². The Morgan fingerprint density at radius 1 is 1.57 bits per heavy atom. The molecule has 1 fully saturated rings. The molecule has 1 aliphatic heterocycles. The van der Waals surface area contributed by atoms with E-state index in [4.69, 9.17) is 15.4 Å². The fraction of sp³-hybridized carbons (Fsp3) is 0.500. The molecule has 0 bridgehead atoms. The van der Waals surface area contributed by atoms with Crippen molar-refractivity contribution >= 4 is 38.0 Å². The van der Waals surface area contributed by atoms with Gasteiger partial charge in [0.2, 0.25) is 5.95 Å². The Morgan fingerprint density at radius 3 is 3.09 bits per heavy atom. The van der Waals surface area contributed by atoms with Crippen molar-refractivity contribution in [3.05, 3.63) is 6.33 Å². The van der Waals surface area contributed by atoms with Gasteiger partial charge in [-0.05, 0) is 0 Å². The summed E-state index contributed by atoms with van der Waals surface area (Å²) in [4.78, 5) is 25.2. The number of aliphatic hydroxyl groups excluding tert-OH is 1. The van der Waals surface area contributed by atoms with E-state index in [2.05, 4.69) is 37.1 Å². The maximum absolute atomic E-state index is 10.4. The van der Waals surface area contributed by atoms with E-state index >= 15 is 0 Å². The van der Waals surface area contributed by atoms with Gasteiger partial charge < -0.3 is 20.5 Å². The Bertz CT molecular complexity index is 744. The van der Waals surface area contributed by atoms with Gasteiger partial charge in [-0.2, -0.15) is 9.66 Å². The van der Waals surface area contributed by atoms with Crippen LogP contribution in [0.4, 0.5) is 5.95 Å². The lowest BCUT2D eigenvalue weighted by Crippen LogP contribution is -2.26. The Labute approximate surface area is 135 Å². The van der Waals surface area contributed by atoms with Crippen LogP contribution in [0.2, 0.25) is 0 Å². The highest BCUT2D eigenvalue weighted by molar-refractivity contribution is 7.80. The van der Waals surface area contributed by atoms with Crippen LogP contribution < -0.4 is 5.73 Å². The maximum atomic E-state index is 10.4. The number of thiol groups is 1. The average Bonchev–Trinajstić information content (AvgIpc) is 3.02. The molecular formula is C10H14N5O6PS. The molecule has 4 atom stereocenters. The summed E-state index contributed by atoms with van der Waals surface area (Å²) in [5.41, 5.74) is 6.50. The lowest BCUT2D eigenvalue weighted by molar-refractivity contribution is -0.234. The molecule has 0 saturated carbocycles. The molecule has 1 saturated heterocycles. The number of nitrogen functional groups attached to an aromatic ring is 1. The fourth-order valence-corrected chi connectivity index (χ4v) is 2.75. The number of ether oxygens (including phenoxy) is 1. The molecule has 0 radical (unpaired) electrons. The second-order valence-electron chi connectivity index (χ2n) is 4.80. The number of nitrogens with two attached hydrogens (primary N) is 1. The number of imidazole rings is 1. The minimum absolute atomic E-state index is 0.0455. The first-order chi connectivity index (χ1) is 11.0. The smallest absolute Gasteiger partial charge is 0.344 e. The van der Waals surface area contributed by atoms with Crippen molar-refractivity contribution in [2.75, 3.05) is 12.3 Å². The summed E-state index contributed by atoms with van der Waals surface area (Å²) in [5, 5.41) is 10.3. The van der Waals surface area contributed by atoms with Crippen LogP contribution in [0.15, 0.2) is 11.4 Å². The van der Waals surface area contributed by atoms with E-state index in [-0.39, 0.29) is 19.0 Å². The lowest BCUT2D eigenvalue weighted by Gasteiger charge is -2.15. The van der Waals surface area contributed by atoms with E-state index in [0.29, 0.717) is 16.2 Å². The predicted molar refractivity (Wildman–Crippen MR) is 79.8 cm³/mol. The summed E-state index contributed by atoms with van der Waals surface area (Å²) in [5.74, 6) is 0.0455. The normalized spacial score (nSPS) is 26.0. The zero-order chi connectivity index (χ0) is 16.6. The SMILES string of the molecule is Nc1nc(S)c2ncn([C@H]3C[C@H](O)[C@@H](COO[PH](=O)O)O3)c2n1. The largest absolute Gasteiger partial charge is 0.390 e. The molecule has 2 aromatic heterocycles. The van der Waals surface area contributed by atoms with Gasteiger partial charge in [-0.3, -0.25) is 9.13 Å². The molecule has 11 nitrogen and oxygen atoms in total. The molecule has 4 N–H and O–H groups in total. The predicted octanol–water partition coefficient (Wildman–Crippen LogP) is -0.324. The highest BCUT2D eigenvalue weighted by Crippen LogP contribution is 2.32. The van der Waals surface area contributed by atoms with Gasteiger partial charge in [-0.15, -0.1) is 12.6 Å². The van der Waals surface area contributed by atoms with Gasteiger partial charge in [0.15, 0.2) is 5.65 Å². The number of fused-ring (bicyclic) bond motifs is 1. The van der Waals surface area contributed by atoms with Gasteiger partial charge in [-0.25, -0.2) is 14.9 Å². The lowest BCUT2D eigenvalue weighted by atomic mass is 10.2. The van der Waals surface area contributed by atoms with Crippen LogP contribution in [0, 0.1) is 0 Å². The Hall–Kier alpha value is -1.27. The summed E-state index contributed by atoms with van der Waals surface area (Å²) in [6.07, 6.45) is -0.399. The van der Waals surface area contributed by atoms with E-state index in [9.17, 15) is 9.67 Å². The second kappa shape index (κ2) is 6.69. The summed E-state index contributed by atoms with van der Waals surface area (Å²) in [7, 11) is -3.20. The van der Waals surface area contributed by atoms with Gasteiger partial charge in [0, 0.05) is 6.42 Å². The molecule has 13 heteroatoms. The molecule has 1 unspecified atom stereocenters. The number of rotatable bonds is 5. The third-order valence-electron chi connectivity index (χ3n) is 3.30. The van der Waals surface area contributed by atoms with Gasteiger partial charge in [0.25, 0.3) is 0 Å². The molecule has 23 heavy (non-hydrogen) atoms. The Balaban J connectivity index is 1.77. The van der Waals surface area contributed by atoms with Gasteiger partial charge in [0.05, 0.1) is 12.4 Å². The van der Waals surface area contributed by atoms with Crippen LogP contribution in [-0.2, 0) is 18.9 Å². The molecule has 0 spiro atoms.